The predicted molar refractivity (Wildman–Crippen MR) is 107 cm³/mol. The number of halogens is 4. The molecule has 0 atom stereocenters. The summed E-state index contributed by atoms with van der Waals surface area (Å²) in [5.41, 5.74) is 2.58. The minimum absolute atomic E-state index is 0. The normalized spacial score (nSPS) is 17.3. The van der Waals surface area contributed by atoms with Crippen molar-refractivity contribution in [1.82, 2.24) is 0 Å². The molecule has 0 radical (unpaired) electrons. The fourth-order valence-electron chi connectivity index (χ4n) is 4.26. The summed E-state index contributed by atoms with van der Waals surface area (Å²) in [5, 5.41) is 1.71. The summed E-state index contributed by atoms with van der Waals surface area (Å²) < 4.78 is 41.0. The molecule has 0 aromatic heterocycles. The quantitative estimate of drug-likeness (QED) is 0.557. The summed E-state index contributed by atoms with van der Waals surface area (Å²) in [6, 6.07) is 12.7. The van der Waals surface area contributed by atoms with Gasteiger partial charge in [0.05, 0.1) is 11.3 Å². The van der Waals surface area contributed by atoms with Gasteiger partial charge in [-0.1, -0.05) is 49.6 Å². The first-order valence-corrected chi connectivity index (χ1v) is 9.71. The maximum absolute atomic E-state index is 13.7. The second kappa shape index (κ2) is 8.75. The van der Waals surface area contributed by atoms with E-state index in [0.29, 0.717) is 6.54 Å². The Kier molecular flexibility index (Phi) is 6.56. The molecule has 28 heavy (non-hydrogen) atoms. The summed E-state index contributed by atoms with van der Waals surface area (Å²) in [6.07, 6.45) is 1.84. The zero-order valence-corrected chi connectivity index (χ0v) is 16.5. The van der Waals surface area contributed by atoms with Gasteiger partial charge in [-0.2, -0.15) is 13.2 Å². The molecular formula is C22H25ClF3NO. The van der Waals surface area contributed by atoms with Crippen LogP contribution in [0.3, 0.4) is 0 Å². The van der Waals surface area contributed by atoms with Crippen LogP contribution in [-0.2, 0) is 24.0 Å². The highest BCUT2D eigenvalue weighted by atomic mass is 35.5. The van der Waals surface area contributed by atoms with Crippen LogP contribution in [0, 0.1) is 0 Å². The van der Waals surface area contributed by atoms with E-state index in [1.807, 2.05) is 30.3 Å². The maximum Gasteiger partial charge on any atom is 0.416 e. The van der Waals surface area contributed by atoms with E-state index < -0.39 is 11.7 Å². The topological polar surface area (TPSA) is 12.5 Å². The number of hydrogen-bond acceptors (Lipinski definition) is 2. The van der Waals surface area contributed by atoms with Crippen LogP contribution in [0.15, 0.2) is 42.5 Å². The highest BCUT2D eigenvalue weighted by Crippen LogP contribution is 2.38. The van der Waals surface area contributed by atoms with Crippen molar-refractivity contribution in [3.05, 3.63) is 64.7 Å². The number of para-hydroxylation sites is 1. The molecular weight excluding hydrogens is 387 g/mol. The number of anilines is 1. The standard InChI is InChI=1S/C22H24F3NO.ClH/c23-22(24,25)20-14-18(16-6-2-1-3-7-16)10-11-19(20)15-27-26-13-12-17-8-4-5-9-21(17)26;/h4-5,8-11,14,16H,1-3,6-7,12-13,15H2;1H. The van der Waals surface area contributed by atoms with Gasteiger partial charge in [0.1, 0.15) is 6.61 Å². The summed E-state index contributed by atoms with van der Waals surface area (Å²) in [5.74, 6) is 0.250. The number of fused-ring (bicyclic) bond motifs is 1. The Hall–Kier alpha value is -1.72. The van der Waals surface area contributed by atoms with Crippen LogP contribution in [0.2, 0.25) is 0 Å². The van der Waals surface area contributed by atoms with E-state index in [0.717, 1.165) is 43.4 Å². The zero-order chi connectivity index (χ0) is 18.9. The van der Waals surface area contributed by atoms with Crippen molar-refractivity contribution in [3.8, 4) is 0 Å². The average Bonchev–Trinajstić information content (AvgIpc) is 3.09. The zero-order valence-electron chi connectivity index (χ0n) is 15.7. The second-order valence-electron chi connectivity index (χ2n) is 7.50. The van der Waals surface area contributed by atoms with Crippen molar-refractivity contribution < 1.29 is 18.0 Å². The van der Waals surface area contributed by atoms with E-state index in [1.165, 1.54) is 18.1 Å². The minimum Gasteiger partial charge on any atom is -0.269 e. The summed E-state index contributed by atoms with van der Waals surface area (Å²) in [7, 11) is 0. The first-order chi connectivity index (χ1) is 13.0. The van der Waals surface area contributed by atoms with Gasteiger partial charge >= 0.3 is 6.18 Å². The van der Waals surface area contributed by atoms with E-state index in [1.54, 1.807) is 11.1 Å². The van der Waals surface area contributed by atoms with Crippen molar-refractivity contribution in [2.45, 2.75) is 57.2 Å². The molecule has 2 nitrogen and oxygen atoms in total. The Morgan fingerprint density at radius 1 is 1.00 bits per heavy atom. The number of rotatable bonds is 4. The number of benzene rings is 2. The molecule has 0 N–H and O–H groups in total. The molecule has 2 aromatic rings. The van der Waals surface area contributed by atoms with Crippen LogP contribution in [0.1, 0.15) is 60.3 Å². The Morgan fingerprint density at radius 3 is 2.50 bits per heavy atom. The molecule has 0 amide bonds. The largest absolute Gasteiger partial charge is 0.416 e. The molecule has 1 fully saturated rings. The van der Waals surface area contributed by atoms with Gasteiger partial charge in [0.2, 0.25) is 0 Å². The first-order valence-electron chi connectivity index (χ1n) is 9.71. The lowest BCUT2D eigenvalue weighted by atomic mass is 9.83. The lowest BCUT2D eigenvalue weighted by Gasteiger charge is -2.24. The lowest BCUT2D eigenvalue weighted by molar-refractivity contribution is -0.139. The number of hydrogen-bond donors (Lipinski definition) is 0. The van der Waals surface area contributed by atoms with Crippen molar-refractivity contribution in [2.24, 2.45) is 0 Å². The number of nitrogens with zero attached hydrogens (tertiary/aromatic N) is 1. The Morgan fingerprint density at radius 2 is 1.75 bits per heavy atom. The van der Waals surface area contributed by atoms with Gasteiger partial charge in [-0.25, -0.2) is 0 Å². The molecule has 0 bridgehead atoms. The molecule has 4 rings (SSSR count). The third-order valence-corrected chi connectivity index (χ3v) is 5.74. The van der Waals surface area contributed by atoms with Gasteiger partial charge in [0, 0.05) is 6.54 Å². The molecule has 0 saturated heterocycles. The third-order valence-electron chi connectivity index (χ3n) is 5.74. The van der Waals surface area contributed by atoms with E-state index in [2.05, 4.69) is 0 Å². The van der Waals surface area contributed by atoms with Gasteiger partial charge in [0.15, 0.2) is 0 Å². The highest BCUT2D eigenvalue weighted by molar-refractivity contribution is 5.85. The SMILES string of the molecule is Cl.FC(F)(F)c1cc(C2CCCCC2)ccc1CON1CCc2ccccc21. The molecule has 1 aliphatic carbocycles. The molecule has 1 heterocycles. The maximum atomic E-state index is 13.7. The monoisotopic (exact) mass is 411 g/mol. The Balaban J connectivity index is 0.00000225. The summed E-state index contributed by atoms with van der Waals surface area (Å²) in [4.78, 5) is 5.77. The smallest absolute Gasteiger partial charge is 0.269 e. The van der Waals surface area contributed by atoms with Crippen LogP contribution in [0.4, 0.5) is 18.9 Å². The van der Waals surface area contributed by atoms with Crippen LogP contribution < -0.4 is 5.06 Å². The first kappa shape index (κ1) is 21.0. The van der Waals surface area contributed by atoms with E-state index in [-0.39, 0.29) is 30.5 Å². The third kappa shape index (κ3) is 4.47. The van der Waals surface area contributed by atoms with E-state index in [9.17, 15) is 13.2 Å². The van der Waals surface area contributed by atoms with Gasteiger partial charge in [-0.15, -0.1) is 12.4 Å². The predicted octanol–water partition coefficient (Wildman–Crippen LogP) is 6.67. The van der Waals surface area contributed by atoms with Gasteiger partial charge in [0.25, 0.3) is 0 Å². The molecule has 0 unspecified atom stereocenters. The summed E-state index contributed by atoms with van der Waals surface area (Å²) >= 11 is 0. The van der Waals surface area contributed by atoms with E-state index >= 15 is 0 Å². The molecule has 6 heteroatoms. The fraction of sp³-hybridized carbons (Fsp3) is 0.455. The molecule has 1 saturated carbocycles. The van der Waals surface area contributed by atoms with Crippen LogP contribution >= 0.6 is 12.4 Å². The molecule has 152 valence electrons. The van der Waals surface area contributed by atoms with Crippen molar-refractivity contribution in [3.63, 3.8) is 0 Å². The second-order valence-corrected chi connectivity index (χ2v) is 7.50. The van der Waals surface area contributed by atoms with Crippen LogP contribution in [-0.4, -0.2) is 6.54 Å². The average molecular weight is 412 g/mol. The van der Waals surface area contributed by atoms with Gasteiger partial charge in [-0.3, -0.25) is 9.90 Å². The summed E-state index contributed by atoms with van der Waals surface area (Å²) in [6.45, 7) is 0.592. The van der Waals surface area contributed by atoms with Crippen molar-refractivity contribution in [2.75, 3.05) is 11.6 Å². The number of alkyl halides is 3. The molecule has 2 aromatic carbocycles. The van der Waals surface area contributed by atoms with Gasteiger partial charge in [-0.05, 0) is 54.0 Å². The molecule has 1 aliphatic heterocycles. The Labute approximate surface area is 170 Å². The van der Waals surface area contributed by atoms with Crippen molar-refractivity contribution >= 4 is 18.1 Å². The Bertz CT molecular complexity index is 803. The molecule has 0 spiro atoms. The van der Waals surface area contributed by atoms with E-state index in [4.69, 9.17) is 4.84 Å². The van der Waals surface area contributed by atoms with Crippen LogP contribution in [0.25, 0.3) is 0 Å². The van der Waals surface area contributed by atoms with Gasteiger partial charge < -0.3 is 0 Å². The number of hydroxylamine groups is 1. The van der Waals surface area contributed by atoms with Crippen molar-refractivity contribution in [1.29, 1.82) is 0 Å². The lowest BCUT2D eigenvalue weighted by Crippen LogP contribution is -2.22. The van der Waals surface area contributed by atoms with Crippen LogP contribution in [0.5, 0.6) is 0 Å². The highest BCUT2D eigenvalue weighted by Gasteiger charge is 2.34. The fourth-order valence-corrected chi connectivity index (χ4v) is 4.26. The minimum atomic E-state index is -4.37. The molecule has 2 aliphatic rings.